The molecule has 1 atom stereocenters. The first-order chi connectivity index (χ1) is 9.66. The summed E-state index contributed by atoms with van der Waals surface area (Å²) in [4.78, 5) is 12.0. The molecule has 1 aromatic rings. The lowest BCUT2D eigenvalue weighted by molar-refractivity contribution is 0.0909. The van der Waals surface area contributed by atoms with Crippen LogP contribution >= 0.6 is 0 Å². The Morgan fingerprint density at radius 2 is 1.90 bits per heavy atom. The highest BCUT2D eigenvalue weighted by Gasteiger charge is 2.23. The Morgan fingerprint density at radius 3 is 2.33 bits per heavy atom. The molecule has 0 heterocycles. The first-order valence-corrected chi connectivity index (χ1v) is 6.53. The van der Waals surface area contributed by atoms with Crippen LogP contribution in [0.1, 0.15) is 38.1 Å². The van der Waals surface area contributed by atoms with Gasteiger partial charge in [0.2, 0.25) is 0 Å². The van der Waals surface area contributed by atoms with Gasteiger partial charge in [0.25, 0.3) is 5.91 Å². The fourth-order valence-electron chi connectivity index (χ4n) is 1.44. The molecule has 0 radical (unpaired) electrons. The number of hydrogen-bond acceptors (Lipinski definition) is 2. The maximum absolute atomic E-state index is 13.8. The molecule has 1 rings (SSSR count). The van der Waals surface area contributed by atoms with Gasteiger partial charge in [0.1, 0.15) is 6.61 Å². The predicted octanol–water partition coefficient (Wildman–Crippen LogP) is 3.14. The van der Waals surface area contributed by atoms with Crippen LogP contribution in [0.15, 0.2) is 12.1 Å². The standard InChI is InChI=1S/C16H19F2NO2/c1-6-7-21-14-12(17)8-11(9-13(14)18)15(20)19-10(2)16(3,4)5/h1,8-10H,7H2,2-5H3,(H,19,20)/t10-/m0/s1. The number of hydrogen-bond donors (Lipinski definition) is 1. The Balaban J connectivity index is 2.95. The van der Waals surface area contributed by atoms with Crippen LogP contribution in [0.4, 0.5) is 8.78 Å². The number of terminal acetylenes is 1. The first-order valence-electron chi connectivity index (χ1n) is 6.53. The Bertz CT molecular complexity index is 548. The second-order valence-electron chi connectivity index (χ2n) is 5.82. The summed E-state index contributed by atoms with van der Waals surface area (Å²) in [5, 5.41) is 2.71. The Morgan fingerprint density at radius 1 is 1.38 bits per heavy atom. The number of ether oxygens (including phenoxy) is 1. The second kappa shape index (κ2) is 6.57. The average Bonchev–Trinajstić information content (AvgIpc) is 2.36. The molecule has 0 unspecified atom stereocenters. The van der Waals surface area contributed by atoms with E-state index in [0.29, 0.717) is 0 Å². The number of amides is 1. The van der Waals surface area contributed by atoms with Gasteiger partial charge in [0, 0.05) is 11.6 Å². The molecule has 0 saturated carbocycles. The number of halogens is 2. The van der Waals surface area contributed by atoms with E-state index in [2.05, 4.69) is 11.2 Å². The van der Waals surface area contributed by atoms with Gasteiger partial charge < -0.3 is 10.1 Å². The summed E-state index contributed by atoms with van der Waals surface area (Å²) in [7, 11) is 0. The van der Waals surface area contributed by atoms with Crippen molar-refractivity contribution in [3.63, 3.8) is 0 Å². The SMILES string of the molecule is C#CCOc1c(F)cc(C(=O)N[C@@H](C)C(C)(C)C)cc1F. The van der Waals surface area contributed by atoms with Gasteiger partial charge in [-0.05, 0) is 24.5 Å². The molecule has 0 aliphatic carbocycles. The van der Waals surface area contributed by atoms with Crippen molar-refractivity contribution in [2.75, 3.05) is 6.61 Å². The molecule has 0 bridgehead atoms. The quantitative estimate of drug-likeness (QED) is 0.867. The van der Waals surface area contributed by atoms with Gasteiger partial charge in [-0.1, -0.05) is 26.7 Å². The van der Waals surface area contributed by atoms with Crippen molar-refractivity contribution in [3.8, 4) is 18.1 Å². The molecule has 5 heteroatoms. The number of benzene rings is 1. The molecule has 0 saturated heterocycles. The maximum Gasteiger partial charge on any atom is 0.251 e. The van der Waals surface area contributed by atoms with E-state index in [9.17, 15) is 13.6 Å². The first kappa shape index (κ1) is 17.0. The highest BCUT2D eigenvalue weighted by atomic mass is 19.1. The monoisotopic (exact) mass is 295 g/mol. The minimum absolute atomic E-state index is 0.103. The zero-order valence-corrected chi connectivity index (χ0v) is 12.6. The van der Waals surface area contributed by atoms with Crippen molar-refractivity contribution in [3.05, 3.63) is 29.3 Å². The van der Waals surface area contributed by atoms with Crippen molar-refractivity contribution in [2.24, 2.45) is 5.41 Å². The molecule has 0 aromatic heterocycles. The van der Waals surface area contributed by atoms with Crippen molar-refractivity contribution in [1.29, 1.82) is 0 Å². The van der Waals surface area contributed by atoms with E-state index in [4.69, 9.17) is 11.2 Å². The summed E-state index contributed by atoms with van der Waals surface area (Å²) >= 11 is 0. The highest BCUT2D eigenvalue weighted by molar-refractivity contribution is 5.94. The molecular weight excluding hydrogens is 276 g/mol. The fourth-order valence-corrected chi connectivity index (χ4v) is 1.44. The predicted molar refractivity (Wildman–Crippen MR) is 77.1 cm³/mol. The van der Waals surface area contributed by atoms with Crippen molar-refractivity contribution in [1.82, 2.24) is 5.32 Å². The molecule has 21 heavy (non-hydrogen) atoms. The fraction of sp³-hybridized carbons (Fsp3) is 0.438. The van der Waals surface area contributed by atoms with Gasteiger partial charge in [-0.25, -0.2) is 8.78 Å². The molecule has 1 N–H and O–H groups in total. The van der Waals surface area contributed by atoms with Crippen LogP contribution in [0.2, 0.25) is 0 Å². The average molecular weight is 295 g/mol. The normalized spacial score (nSPS) is 12.4. The smallest absolute Gasteiger partial charge is 0.251 e. The maximum atomic E-state index is 13.8. The summed E-state index contributed by atoms with van der Waals surface area (Å²) in [6.07, 6.45) is 4.97. The van der Waals surface area contributed by atoms with E-state index in [1.165, 1.54) is 0 Å². The molecule has 0 aliphatic rings. The summed E-state index contributed by atoms with van der Waals surface area (Å²) in [5.74, 6) is -0.921. The molecule has 0 aliphatic heterocycles. The zero-order valence-electron chi connectivity index (χ0n) is 12.6. The minimum atomic E-state index is -0.959. The lowest BCUT2D eigenvalue weighted by Crippen LogP contribution is -2.41. The van der Waals surface area contributed by atoms with Gasteiger partial charge in [0.15, 0.2) is 17.4 Å². The van der Waals surface area contributed by atoms with Gasteiger partial charge in [0.05, 0.1) is 0 Å². The van der Waals surface area contributed by atoms with E-state index in [-0.39, 0.29) is 23.6 Å². The van der Waals surface area contributed by atoms with Crippen molar-refractivity contribution >= 4 is 5.91 Å². The van der Waals surface area contributed by atoms with Gasteiger partial charge in [-0.2, -0.15) is 0 Å². The third-order valence-corrected chi connectivity index (χ3v) is 3.21. The van der Waals surface area contributed by atoms with Gasteiger partial charge >= 0.3 is 0 Å². The summed E-state index contributed by atoms with van der Waals surface area (Å²) in [6.45, 7) is 7.44. The molecule has 1 amide bonds. The second-order valence-corrected chi connectivity index (χ2v) is 5.82. The van der Waals surface area contributed by atoms with Crippen LogP contribution < -0.4 is 10.1 Å². The van der Waals surface area contributed by atoms with Gasteiger partial charge in [-0.3, -0.25) is 4.79 Å². The summed E-state index contributed by atoms with van der Waals surface area (Å²) in [5.41, 5.74) is -0.267. The Labute approximate surface area is 123 Å². The molecule has 1 aromatic carbocycles. The molecule has 114 valence electrons. The van der Waals surface area contributed by atoms with Crippen LogP contribution in [0.3, 0.4) is 0 Å². The van der Waals surface area contributed by atoms with Crippen LogP contribution in [0.5, 0.6) is 5.75 Å². The minimum Gasteiger partial charge on any atom is -0.475 e. The van der Waals surface area contributed by atoms with E-state index in [1.807, 2.05) is 27.7 Å². The Hall–Kier alpha value is -2.09. The van der Waals surface area contributed by atoms with Crippen LogP contribution in [0, 0.1) is 29.4 Å². The van der Waals surface area contributed by atoms with Gasteiger partial charge in [-0.15, -0.1) is 6.42 Å². The van der Waals surface area contributed by atoms with Crippen LogP contribution in [0.25, 0.3) is 0 Å². The number of carbonyl (C=O) groups excluding carboxylic acids is 1. The van der Waals surface area contributed by atoms with E-state index < -0.39 is 23.3 Å². The van der Waals surface area contributed by atoms with E-state index in [0.717, 1.165) is 12.1 Å². The largest absolute Gasteiger partial charge is 0.475 e. The van der Waals surface area contributed by atoms with Crippen molar-refractivity contribution in [2.45, 2.75) is 33.7 Å². The van der Waals surface area contributed by atoms with E-state index in [1.54, 1.807) is 0 Å². The number of carbonyl (C=O) groups is 1. The lowest BCUT2D eigenvalue weighted by Gasteiger charge is -2.28. The molecular formula is C16H19F2NO2. The molecule has 3 nitrogen and oxygen atoms in total. The van der Waals surface area contributed by atoms with E-state index >= 15 is 0 Å². The zero-order chi connectivity index (χ0) is 16.2. The third-order valence-electron chi connectivity index (χ3n) is 3.21. The highest BCUT2D eigenvalue weighted by Crippen LogP contribution is 2.24. The number of nitrogens with one attached hydrogen (secondary N) is 1. The topological polar surface area (TPSA) is 38.3 Å². The van der Waals surface area contributed by atoms with Crippen molar-refractivity contribution < 1.29 is 18.3 Å². The number of rotatable bonds is 4. The molecule has 0 fully saturated rings. The Kier molecular flexibility index (Phi) is 5.31. The van der Waals surface area contributed by atoms with Crippen LogP contribution in [-0.2, 0) is 0 Å². The summed E-state index contributed by atoms with van der Waals surface area (Å²) in [6, 6.07) is 1.70. The summed E-state index contributed by atoms with van der Waals surface area (Å²) < 4.78 is 32.3. The molecule has 0 spiro atoms. The third kappa shape index (κ3) is 4.45. The van der Waals surface area contributed by atoms with Crippen LogP contribution in [-0.4, -0.2) is 18.6 Å². The lowest BCUT2D eigenvalue weighted by atomic mass is 9.88.